The summed E-state index contributed by atoms with van der Waals surface area (Å²) >= 11 is 0. The first-order chi connectivity index (χ1) is 8.80. The van der Waals surface area contributed by atoms with Gasteiger partial charge in [0.05, 0.1) is 0 Å². The fraction of sp³-hybridized carbons (Fsp3) is 0.846. The molecule has 0 aromatic rings. The minimum Gasteiger partial charge on any atom is -0.480 e. The molecule has 0 saturated carbocycles. The summed E-state index contributed by atoms with van der Waals surface area (Å²) in [5.74, 6) is -0.981. The van der Waals surface area contributed by atoms with Crippen LogP contribution in [0.5, 0.6) is 0 Å². The number of nitrogens with one attached hydrogen (secondary N) is 1. The lowest BCUT2D eigenvalue weighted by Crippen LogP contribution is -2.55. The first kappa shape index (κ1) is 15.8. The summed E-state index contributed by atoms with van der Waals surface area (Å²) in [7, 11) is 3.98. The van der Waals surface area contributed by atoms with Crippen molar-refractivity contribution in [3.8, 4) is 0 Å². The van der Waals surface area contributed by atoms with Crippen LogP contribution >= 0.6 is 0 Å². The van der Waals surface area contributed by atoms with Crippen molar-refractivity contribution in [1.82, 2.24) is 15.1 Å². The molecule has 1 rings (SSSR count). The average Bonchev–Trinajstić information content (AvgIpc) is 2.78. The van der Waals surface area contributed by atoms with Gasteiger partial charge in [0, 0.05) is 19.1 Å². The second-order valence-electron chi connectivity index (χ2n) is 5.67. The molecule has 1 fully saturated rings. The van der Waals surface area contributed by atoms with E-state index in [1.807, 2.05) is 21.0 Å². The Hall–Kier alpha value is -1.30. The zero-order valence-corrected chi connectivity index (χ0v) is 12.3. The predicted octanol–water partition coefficient (Wildman–Crippen LogP) is 0.975. The quantitative estimate of drug-likeness (QED) is 0.781. The standard InChI is InChI=1S/C13H25N3O3/c1-5-7-13(2,11(17)18)14-12(19)16-8-6-10(9-16)15(3)4/h10H,5-9H2,1-4H3,(H,14,19)(H,17,18). The van der Waals surface area contributed by atoms with Crippen molar-refractivity contribution >= 4 is 12.0 Å². The molecule has 0 aromatic heterocycles. The number of rotatable bonds is 5. The molecule has 6 heteroatoms. The maximum Gasteiger partial charge on any atom is 0.329 e. The largest absolute Gasteiger partial charge is 0.480 e. The Labute approximate surface area is 114 Å². The lowest BCUT2D eigenvalue weighted by atomic mass is 9.96. The number of amides is 2. The van der Waals surface area contributed by atoms with Crippen molar-refractivity contribution in [3.63, 3.8) is 0 Å². The molecule has 2 atom stereocenters. The zero-order chi connectivity index (χ0) is 14.6. The van der Waals surface area contributed by atoms with Gasteiger partial charge >= 0.3 is 12.0 Å². The minimum atomic E-state index is -1.18. The first-order valence-electron chi connectivity index (χ1n) is 6.77. The lowest BCUT2D eigenvalue weighted by Gasteiger charge is -2.29. The number of urea groups is 1. The Kier molecular flexibility index (Phi) is 5.17. The van der Waals surface area contributed by atoms with Gasteiger partial charge < -0.3 is 20.2 Å². The van der Waals surface area contributed by atoms with E-state index in [1.54, 1.807) is 11.8 Å². The highest BCUT2D eigenvalue weighted by Gasteiger charge is 2.37. The van der Waals surface area contributed by atoms with E-state index in [4.69, 9.17) is 0 Å². The minimum absolute atomic E-state index is 0.275. The third kappa shape index (κ3) is 3.83. The highest BCUT2D eigenvalue weighted by Crippen LogP contribution is 2.17. The van der Waals surface area contributed by atoms with Crippen molar-refractivity contribution in [2.45, 2.75) is 44.7 Å². The number of carboxylic acid groups (broad SMARTS) is 1. The lowest BCUT2D eigenvalue weighted by molar-refractivity contribution is -0.144. The fourth-order valence-corrected chi connectivity index (χ4v) is 2.39. The van der Waals surface area contributed by atoms with E-state index in [9.17, 15) is 14.7 Å². The third-order valence-corrected chi connectivity index (χ3v) is 3.79. The van der Waals surface area contributed by atoms with Gasteiger partial charge in [-0.15, -0.1) is 0 Å². The summed E-state index contributed by atoms with van der Waals surface area (Å²) in [4.78, 5) is 27.2. The van der Waals surface area contributed by atoms with E-state index in [0.717, 1.165) is 6.42 Å². The Morgan fingerprint density at radius 3 is 2.53 bits per heavy atom. The molecule has 0 aliphatic carbocycles. The van der Waals surface area contributed by atoms with Gasteiger partial charge in [-0.2, -0.15) is 0 Å². The van der Waals surface area contributed by atoms with Crippen LogP contribution in [-0.2, 0) is 4.79 Å². The van der Waals surface area contributed by atoms with Crippen LogP contribution in [0, 0.1) is 0 Å². The summed E-state index contributed by atoms with van der Waals surface area (Å²) in [5.41, 5.74) is -1.18. The molecule has 0 spiro atoms. The summed E-state index contributed by atoms with van der Waals surface area (Å²) in [6.07, 6.45) is 2.07. The smallest absolute Gasteiger partial charge is 0.329 e. The van der Waals surface area contributed by atoms with Crippen LogP contribution in [0.25, 0.3) is 0 Å². The predicted molar refractivity (Wildman–Crippen MR) is 73.1 cm³/mol. The molecule has 6 nitrogen and oxygen atoms in total. The number of likely N-dealkylation sites (tertiary alicyclic amines) is 1. The maximum atomic E-state index is 12.1. The number of aliphatic carboxylic acids is 1. The molecular formula is C13H25N3O3. The van der Waals surface area contributed by atoms with Gasteiger partial charge in [-0.25, -0.2) is 9.59 Å². The third-order valence-electron chi connectivity index (χ3n) is 3.79. The second kappa shape index (κ2) is 6.23. The molecule has 110 valence electrons. The summed E-state index contributed by atoms with van der Waals surface area (Å²) in [6, 6.07) is 0.0794. The number of hydrogen-bond acceptors (Lipinski definition) is 3. The van der Waals surface area contributed by atoms with Gasteiger partial charge in [0.15, 0.2) is 0 Å². The van der Waals surface area contributed by atoms with E-state index in [2.05, 4.69) is 10.2 Å². The molecule has 0 radical (unpaired) electrons. The molecule has 2 unspecified atom stereocenters. The topological polar surface area (TPSA) is 72.9 Å². The first-order valence-corrected chi connectivity index (χ1v) is 6.77. The van der Waals surface area contributed by atoms with Crippen molar-refractivity contribution in [2.75, 3.05) is 27.2 Å². The summed E-state index contributed by atoms with van der Waals surface area (Å²) in [5, 5.41) is 11.9. The molecule has 0 bridgehead atoms. The van der Waals surface area contributed by atoms with Crippen LogP contribution < -0.4 is 5.32 Å². The summed E-state index contributed by atoms with van der Waals surface area (Å²) < 4.78 is 0. The van der Waals surface area contributed by atoms with Crippen molar-refractivity contribution < 1.29 is 14.7 Å². The highest BCUT2D eigenvalue weighted by molar-refractivity contribution is 5.86. The molecule has 1 heterocycles. The van der Waals surface area contributed by atoms with Gasteiger partial charge in [0.2, 0.25) is 0 Å². The van der Waals surface area contributed by atoms with Gasteiger partial charge in [0.25, 0.3) is 0 Å². The fourth-order valence-electron chi connectivity index (χ4n) is 2.39. The molecular weight excluding hydrogens is 246 g/mol. The molecule has 1 aliphatic rings. The van der Waals surface area contributed by atoms with Crippen molar-refractivity contribution in [1.29, 1.82) is 0 Å². The molecule has 1 aliphatic heterocycles. The van der Waals surface area contributed by atoms with Crippen LogP contribution in [0.2, 0.25) is 0 Å². The molecule has 0 aromatic carbocycles. The average molecular weight is 271 g/mol. The van der Waals surface area contributed by atoms with Crippen LogP contribution in [0.3, 0.4) is 0 Å². The van der Waals surface area contributed by atoms with Crippen LogP contribution in [-0.4, -0.2) is 65.7 Å². The van der Waals surface area contributed by atoms with Gasteiger partial charge in [-0.3, -0.25) is 0 Å². The van der Waals surface area contributed by atoms with Crippen LogP contribution in [0.15, 0.2) is 0 Å². The maximum absolute atomic E-state index is 12.1. The van der Waals surface area contributed by atoms with Gasteiger partial charge in [-0.05, 0) is 33.9 Å². The van der Waals surface area contributed by atoms with Crippen molar-refractivity contribution in [2.24, 2.45) is 0 Å². The molecule has 1 saturated heterocycles. The molecule has 2 N–H and O–H groups in total. The highest BCUT2D eigenvalue weighted by atomic mass is 16.4. The van der Waals surface area contributed by atoms with Crippen LogP contribution in [0.4, 0.5) is 4.79 Å². The number of carbonyl (C=O) groups excluding carboxylic acids is 1. The number of carbonyl (C=O) groups is 2. The van der Waals surface area contributed by atoms with E-state index in [-0.39, 0.29) is 6.03 Å². The monoisotopic (exact) mass is 271 g/mol. The van der Waals surface area contributed by atoms with E-state index in [1.165, 1.54) is 0 Å². The molecule has 2 amide bonds. The van der Waals surface area contributed by atoms with Gasteiger partial charge in [-0.1, -0.05) is 13.3 Å². The zero-order valence-electron chi connectivity index (χ0n) is 12.3. The Morgan fingerprint density at radius 1 is 1.47 bits per heavy atom. The van der Waals surface area contributed by atoms with Crippen molar-refractivity contribution in [3.05, 3.63) is 0 Å². The van der Waals surface area contributed by atoms with Gasteiger partial charge in [0.1, 0.15) is 5.54 Å². The molecule has 19 heavy (non-hydrogen) atoms. The number of likely N-dealkylation sites (N-methyl/N-ethyl adjacent to an activating group) is 1. The second-order valence-corrected chi connectivity index (χ2v) is 5.67. The van der Waals surface area contributed by atoms with E-state index >= 15 is 0 Å². The Morgan fingerprint density at radius 2 is 2.11 bits per heavy atom. The Bertz CT molecular complexity index is 346. The summed E-state index contributed by atoms with van der Waals surface area (Å²) in [6.45, 7) is 4.80. The Balaban J connectivity index is 2.61. The van der Waals surface area contributed by atoms with E-state index < -0.39 is 11.5 Å². The number of hydrogen-bond donors (Lipinski definition) is 2. The van der Waals surface area contributed by atoms with E-state index in [0.29, 0.717) is 32.0 Å². The van der Waals surface area contributed by atoms with Crippen LogP contribution in [0.1, 0.15) is 33.1 Å². The number of nitrogens with zero attached hydrogens (tertiary/aromatic N) is 2. The normalized spacial score (nSPS) is 22.4. The SMILES string of the molecule is CCCC(C)(NC(=O)N1CCC(N(C)C)C1)C(=O)O. The number of carboxylic acids is 1.